The van der Waals surface area contributed by atoms with Crippen molar-refractivity contribution in [3.8, 4) is 0 Å². The molecule has 2 aliphatic rings. The number of alkyl halides is 3. The molecule has 142 valence electrons. The number of amides is 2. The van der Waals surface area contributed by atoms with Gasteiger partial charge in [0.1, 0.15) is 0 Å². The second-order valence-corrected chi connectivity index (χ2v) is 8.80. The first-order valence-electron chi connectivity index (χ1n) is 8.03. The molecule has 1 N–H and O–H groups in total. The Morgan fingerprint density at radius 1 is 1.19 bits per heavy atom. The summed E-state index contributed by atoms with van der Waals surface area (Å²) in [5, 5.41) is 2.51. The zero-order valence-corrected chi connectivity index (χ0v) is 14.4. The van der Waals surface area contributed by atoms with Crippen molar-refractivity contribution in [2.24, 2.45) is 5.92 Å². The molecule has 26 heavy (non-hydrogen) atoms. The van der Waals surface area contributed by atoms with Crippen LogP contribution in [0.2, 0.25) is 0 Å². The third kappa shape index (κ3) is 4.00. The normalized spacial score (nSPS) is 25.5. The summed E-state index contributed by atoms with van der Waals surface area (Å²) in [7, 11) is -3.15. The fourth-order valence-electron chi connectivity index (χ4n) is 3.27. The summed E-state index contributed by atoms with van der Waals surface area (Å²) in [5.74, 6) is -1.47. The Balaban J connectivity index is 1.61. The molecule has 0 aliphatic carbocycles. The van der Waals surface area contributed by atoms with Gasteiger partial charge >= 0.3 is 6.18 Å². The third-order valence-corrected chi connectivity index (χ3v) is 6.41. The van der Waals surface area contributed by atoms with E-state index in [1.165, 1.54) is 4.90 Å². The highest BCUT2D eigenvalue weighted by atomic mass is 32.2. The molecule has 0 radical (unpaired) electrons. The quantitative estimate of drug-likeness (QED) is 0.851. The van der Waals surface area contributed by atoms with E-state index in [4.69, 9.17) is 0 Å². The van der Waals surface area contributed by atoms with E-state index >= 15 is 0 Å². The van der Waals surface area contributed by atoms with Crippen molar-refractivity contribution in [2.45, 2.75) is 25.1 Å². The van der Waals surface area contributed by atoms with Crippen LogP contribution in [0.3, 0.4) is 0 Å². The average Bonchev–Trinajstić information content (AvgIpc) is 3.09. The molecule has 2 unspecified atom stereocenters. The largest absolute Gasteiger partial charge is 0.416 e. The Morgan fingerprint density at radius 2 is 1.85 bits per heavy atom. The maximum absolute atomic E-state index is 12.5. The van der Waals surface area contributed by atoms with Gasteiger partial charge < -0.3 is 10.2 Å². The fraction of sp³-hybridized carbons (Fsp3) is 0.500. The smallest absolute Gasteiger partial charge is 0.338 e. The molecule has 0 spiro atoms. The van der Waals surface area contributed by atoms with Gasteiger partial charge in [-0.1, -0.05) is 0 Å². The van der Waals surface area contributed by atoms with E-state index in [0.29, 0.717) is 6.42 Å². The van der Waals surface area contributed by atoms with E-state index in [0.717, 1.165) is 24.3 Å². The van der Waals surface area contributed by atoms with Gasteiger partial charge in [0, 0.05) is 24.7 Å². The van der Waals surface area contributed by atoms with Gasteiger partial charge in [-0.25, -0.2) is 8.42 Å². The number of benzene rings is 1. The Bertz CT molecular complexity index is 821. The number of hydrogen-bond donors (Lipinski definition) is 1. The summed E-state index contributed by atoms with van der Waals surface area (Å²) in [6.07, 6.45) is -4.13. The molecule has 0 aromatic heterocycles. The number of nitrogens with one attached hydrogen (secondary N) is 1. The van der Waals surface area contributed by atoms with Crippen molar-refractivity contribution in [1.82, 2.24) is 4.90 Å². The lowest BCUT2D eigenvalue weighted by atomic mass is 10.1. The van der Waals surface area contributed by atoms with Gasteiger partial charge in [0.2, 0.25) is 11.8 Å². The number of likely N-dealkylation sites (tertiary alicyclic amines) is 1. The van der Waals surface area contributed by atoms with Gasteiger partial charge in [-0.05, 0) is 30.7 Å². The molecular weight excluding hydrogens is 373 g/mol. The summed E-state index contributed by atoms with van der Waals surface area (Å²) in [6, 6.07) is 3.63. The molecule has 2 saturated heterocycles. The van der Waals surface area contributed by atoms with Gasteiger partial charge in [0.05, 0.1) is 23.0 Å². The molecular formula is C16H17F3N2O4S. The number of rotatable bonds is 3. The predicted molar refractivity (Wildman–Crippen MR) is 87.0 cm³/mol. The summed E-state index contributed by atoms with van der Waals surface area (Å²) in [4.78, 5) is 25.9. The van der Waals surface area contributed by atoms with Crippen molar-refractivity contribution in [3.63, 3.8) is 0 Å². The van der Waals surface area contributed by atoms with E-state index in [1.54, 1.807) is 0 Å². The zero-order valence-electron chi connectivity index (χ0n) is 13.6. The number of nitrogens with zero attached hydrogens (tertiary/aromatic N) is 1. The van der Waals surface area contributed by atoms with Gasteiger partial charge in [-0.3, -0.25) is 9.59 Å². The summed E-state index contributed by atoms with van der Waals surface area (Å²) < 4.78 is 60.8. The number of halogens is 3. The van der Waals surface area contributed by atoms with Crippen molar-refractivity contribution in [2.75, 3.05) is 23.4 Å². The second kappa shape index (κ2) is 6.57. The average molecular weight is 390 g/mol. The monoisotopic (exact) mass is 390 g/mol. The number of anilines is 1. The first-order chi connectivity index (χ1) is 12.0. The second-order valence-electron chi connectivity index (χ2n) is 6.57. The van der Waals surface area contributed by atoms with Gasteiger partial charge in [0.15, 0.2) is 9.84 Å². The first-order valence-corrected chi connectivity index (χ1v) is 9.85. The molecule has 1 aromatic rings. The zero-order chi connectivity index (χ0) is 19.1. The number of carbonyl (C=O) groups is 2. The number of hydrogen-bond acceptors (Lipinski definition) is 4. The lowest BCUT2D eigenvalue weighted by molar-refractivity contribution is -0.137. The lowest BCUT2D eigenvalue weighted by Gasteiger charge is -2.22. The Hall–Kier alpha value is -2.10. The molecule has 2 atom stereocenters. The molecule has 1 aromatic carbocycles. The maximum atomic E-state index is 12.5. The summed E-state index contributed by atoms with van der Waals surface area (Å²) in [5.41, 5.74) is -0.613. The minimum absolute atomic E-state index is 0.0316. The molecule has 0 bridgehead atoms. The topological polar surface area (TPSA) is 83.6 Å². The molecule has 2 fully saturated rings. The van der Waals surface area contributed by atoms with Crippen LogP contribution in [-0.4, -0.2) is 49.2 Å². The Kier molecular flexibility index (Phi) is 4.72. The van der Waals surface area contributed by atoms with Crippen LogP contribution in [0.4, 0.5) is 18.9 Å². The number of sulfone groups is 1. The van der Waals surface area contributed by atoms with Crippen LogP contribution in [0.25, 0.3) is 0 Å². The molecule has 6 nitrogen and oxygen atoms in total. The molecule has 0 saturated carbocycles. The number of carbonyl (C=O) groups excluding carboxylic acids is 2. The fourth-order valence-corrected chi connectivity index (χ4v) is 5.00. The van der Waals surface area contributed by atoms with Crippen LogP contribution >= 0.6 is 0 Å². The van der Waals surface area contributed by atoms with Crippen LogP contribution in [-0.2, 0) is 25.6 Å². The highest BCUT2D eigenvalue weighted by Gasteiger charge is 2.42. The van der Waals surface area contributed by atoms with Crippen LogP contribution in [0.1, 0.15) is 18.4 Å². The van der Waals surface area contributed by atoms with Crippen molar-refractivity contribution in [3.05, 3.63) is 29.8 Å². The van der Waals surface area contributed by atoms with E-state index in [9.17, 15) is 31.2 Å². The van der Waals surface area contributed by atoms with Gasteiger partial charge in [-0.15, -0.1) is 0 Å². The summed E-state index contributed by atoms with van der Waals surface area (Å²) in [6.45, 7) is 0.117. The molecule has 2 aliphatic heterocycles. The van der Waals surface area contributed by atoms with Gasteiger partial charge in [0.25, 0.3) is 0 Å². The van der Waals surface area contributed by atoms with Crippen molar-refractivity contribution >= 4 is 27.3 Å². The standard InChI is InChI=1S/C16H17F3N2O4S/c17-16(18,19)11-1-3-12(4-2-11)20-15(23)10-7-14(22)21(8-10)13-5-6-26(24,25)9-13/h1-4,10,13H,5-9H2,(H,20,23). The van der Waals surface area contributed by atoms with Crippen molar-refractivity contribution < 1.29 is 31.2 Å². The van der Waals surface area contributed by atoms with E-state index in [1.807, 2.05) is 0 Å². The maximum Gasteiger partial charge on any atom is 0.416 e. The summed E-state index contributed by atoms with van der Waals surface area (Å²) >= 11 is 0. The van der Waals surface area contributed by atoms with E-state index < -0.39 is 39.4 Å². The minimum Gasteiger partial charge on any atom is -0.338 e. The Morgan fingerprint density at radius 3 is 2.38 bits per heavy atom. The van der Waals surface area contributed by atoms with E-state index in [-0.39, 0.29) is 36.1 Å². The lowest BCUT2D eigenvalue weighted by Crippen LogP contribution is -2.38. The third-order valence-electron chi connectivity index (χ3n) is 4.66. The highest BCUT2D eigenvalue weighted by molar-refractivity contribution is 7.91. The van der Waals surface area contributed by atoms with Crippen LogP contribution in [0.5, 0.6) is 0 Å². The first kappa shape index (κ1) is 18.7. The minimum atomic E-state index is -4.46. The molecule has 3 rings (SSSR count). The van der Waals surface area contributed by atoms with Crippen LogP contribution in [0.15, 0.2) is 24.3 Å². The molecule has 10 heteroatoms. The van der Waals surface area contributed by atoms with Crippen LogP contribution in [0, 0.1) is 5.92 Å². The Labute approximate surface area is 148 Å². The van der Waals surface area contributed by atoms with E-state index in [2.05, 4.69) is 5.32 Å². The SMILES string of the molecule is O=C(Nc1ccc(C(F)(F)F)cc1)C1CC(=O)N(C2CCS(=O)(=O)C2)C1. The highest BCUT2D eigenvalue weighted by Crippen LogP contribution is 2.30. The predicted octanol–water partition coefficient (Wildman–Crippen LogP) is 1.68. The molecule has 2 amide bonds. The van der Waals surface area contributed by atoms with Crippen molar-refractivity contribution in [1.29, 1.82) is 0 Å². The molecule has 2 heterocycles. The van der Waals surface area contributed by atoms with Crippen LogP contribution < -0.4 is 5.32 Å². The van der Waals surface area contributed by atoms with Gasteiger partial charge in [-0.2, -0.15) is 13.2 Å².